The van der Waals surface area contributed by atoms with E-state index in [1.165, 1.54) is 19.4 Å². The van der Waals surface area contributed by atoms with Gasteiger partial charge in [-0.2, -0.15) is 21.6 Å². The number of nitrogens with zero attached hydrogens (tertiary/aromatic N) is 1. The van der Waals surface area contributed by atoms with E-state index in [9.17, 15) is 21.6 Å². The smallest absolute Gasteiger partial charge is 0.478 e. The molecule has 1 heterocycles. The van der Waals surface area contributed by atoms with Gasteiger partial charge in [-0.3, -0.25) is 0 Å². The number of ether oxygens (including phenoxy) is 1. The van der Waals surface area contributed by atoms with Crippen LogP contribution in [0.25, 0.3) is 0 Å². The largest absolute Gasteiger partial charge is 0.534 e. The Hall–Kier alpha value is -1.51. The zero-order chi connectivity index (χ0) is 14.3. The van der Waals surface area contributed by atoms with Crippen molar-refractivity contribution in [2.45, 2.75) is 24.3 Å². The van der Waals surface area contributed by atoms with Gasteiger partial charge in [0.25, 0.3) is 5.88 Å². The van der Waals surface area contributed by atoms with Gasteiger partial charge in [0.15, 0.2) is 0 Å². The summed E-state index contributed by atoms with van der Waals surface area (Å²) in [6.45, 7) is 0. The van der Waals surface area contributed by atoms with Crippen LogP contribution in [0.5, 0.6) is 11.6 Å². The van der Waals surface area contributed by atoms with E-state index >= 15 is 0 Å². The Balaban J connectivity index is 2.44. The summed E-state index contributed by atoms with van der Waals surface area (Å²) in [6.07, 6.45) is 2.85. The number of pyridine rings is 1. The third kappa shape index (κ3) is 2.75. The average Bonchev–Trinajstić information content (AvgIpc) is 3.11. The maximum Gasteiger partial charge on any atom is 0.534 e. The number of halogens is 3. The number of alkyl halides is 3. The highest BCUT2D eigenvalue weighted by Crippen LogP contribution is 2.47. The zero-order valence-electron chi connectivity index (χ0n) is 9.77. The molecule has 0 aromatic carbocycles. The number of aromatic nitrogens is 1. The standard InChI is InChI=1S/C10H10F3NO4S/c1-17-9-8(18-19(15,16)10(11,12)13)7(4-5-14-9)6-2-3-6/h4-6H,2-3H2,1H3. The van der Waals surface area contributed by atoms with E-state index in [2.05, 4.69) is 9.17 Å². The summed E-state index contributed by atoms with van der Waals surface area (Å²) in [5.74, 6) is -0.780. The lowest BCUT2D eigenvalue weighted by Crippen LogP contribution is -2.28. The Morgan fingerprint density at radius 2 is 2.00 bits per heavy atom. The van der Waals surface area contributed by atoms with Gasteiger partial charge in [0, 0.05) is 11.8 Å². The summed E-state index contributed by atoms with van der Waals surface area (Å²) in [7, 11) is -4.56. The van der Waals surface area contributed by atoms with Gasteiger partial charge in [0.1, 0.15) is 0 Å². The molecule has 1 aliphatic rings. The third-order valence-corrected chi connectivity index (χ3v) is 3.54. The number of hydrogen-bond donors (Lipinski definition) is 0. The van der Waals surface area contributed by atoms with Crippen molar-refractivity contribution in [3.63, 3.8) is 0 Å². The van der Waals surface area contributed by atoms with E-state index < -0.39 is 21.4 Å². The topological polar surface area (TPSA) is 65.5 Å². The first kappa shape index (κ1) is 13.9. The Kier molecular flexibility index (Phi) is 3.33. The zero-order valence-corrected chi connectivity index (χ0v) is 10.6. The average molecular weight is 297 g/mol. The van der Waals surface area contributed by atoms with Crippen LogP contribution in [0.4, 0.5) is 13.2 Å². The number of rotatable bonds is 4. The van der Waals surface area contributed by atoms with Crippen molar-refractivity contribution in [2.24, 2.45) is 0 Å². The quantitative estimate of drug-likeness (QED) is 0.629. The SMILES string of the molecule is COc1nccc(C2CC2)c1OS(=O)(=O)C(F)(F)F. The minimum absolute atomic E-state index is 0.0182. The minimum atomic E-state index is -5.73. The summed E-state index contributed by atoms with van der Waals surface area (Å²) in [5.41, 5.74) is -5.13. The highest BCUT2D eigenvalue weighted by Gasteiger charge is 2.49. The van der Waals surface area contributed by atoms with Crippen LogP contribution in [0.15, 0.2) is 12.3 Å². The van der Waals surface area contributed by atoms with Gasteiger partial charge in [0.2, 0.25) is 5.75 Å². The van der Waals surface area contributed by atoms with Crippen LogP contribution in [0.2, 0.25) is 0 Å². The fourth-order valence-corrected chi connectivity index (χ4v) is 2.03. The van der Waals surface area contributed by atoms with Crippen molar-refractivity contribution >= 4 is 10.1 Å². The van der Waals surface area contributed by atoms with Crippen molar-refractivity contribution in [3.8, 4) is 11.6 Å². The van der Waals surface area contributed by atoms with Crippen LogP contribution in [-0.2, 0) is 10.1 Å². The van der Waals surface area contributed by atoms with E-state index in [0.717, 1.165) is 12.8 Å². The number of hydrogen-bond acceptors (Lipinski definition) is 5. The monoisotopic (exact) mass is 297 g/mol. The van der Waals surface area contributed by atoms with Gasteiger partial charge in [-0.05, 0) is 24.8 Å². The Bertz CT molecular complexity index is 581. The van der Waals surface area contributed by atoms with Gasteiger partial charge < -0.3 is 8.92 Å². The minimum Gasteiger partial charge on any atom is -0.478 e. The molecule has 0 unspecified atom stereocenters. The van der Waals surface area contributed by atoms with Crippen LogP contribution < -0.4 is 8.92 Å². The Labute approximate surface area is 107 Å². The molecule has 0 radical (unpaired) electrons. The molecule has 1 aromatic heterocycles. The van der Waals surface area contributed by atoms with Crippen molar-refractivity contribution < 1.29 is 30.5 Å². The molecular weight excluding hydrogens is 287 g/mol. The molecule has 1 saturated carbocycles. The first-order chi connectivity index (χ1) is 8.76. The van der Waals surface area contributed by atoms with Gasteiger partial charge in [-0.1, -0.05) is 0 Å². The number of methoxy groups -OCH3 is 1. The Morgan fingerprint density at radius 3 is 2.47 bits per heavy atom. The fourth-order valence-electron chi connectivity index (χ4n) is 1.54. The highest BCUT2D eigenvalue weighted by atomic mass is 32.2. The molecular formula is C10H10F3NO4S. The third-order valence-electron chi connectivity index (χ3n) is 2.59. The second kappa shape index (κ2) is 4.55. The molecule has 9 heteroatoms. The molecule has 1 aliphatic carbocycles. The molecule has 0 spiro atoms. The molecule has 1 fully saturated rings. The highest BCUT2D eigenvalue weighted by molar-refractivity contribution is 7.88. The van der Waals surface area contributed by atoms with Crippen molar-refractivity contribution in [2.75, 3.05) is 7.11 Å². The second-order valence-electron chi connectivity index (χ2n) is 4.00. The van der Waals surface area contributed by atoms with Gasteiger partial charge >= 0.3 is 15.6 Å². The predicted octanol–water partition coefficient (Wildman–Crippen LogP) is 2.20. The molecule has 106 valence electrons. The lowest BCUT2D eigenvalue weighted by molar-refractivity contribution is -0.0500. The second-order valence-corrected chi connectivity index (χ2v) is 5.53. The molecule has 0 aliphatic heterocycles. The van der Waals surface area contributed by atoms with Crippen LogP contribution in [-0.4, -0.2) is 26.0 Å². The normalized spacial score (nSPS) is 16.2. The lowest BCUT2D eigenvalue weighted by atomic mass is 10.1. The summed E-state index contributed by atoms with van der Waals surface area (Å²) in [5, 5.41) is 0. The van der Waals surface area contributed by atoms with Gasteiger partial charge in [0.05, 0.1) is 7.11 Å². The molecule has 0 atom stereocenters. The van der Waals surface area contributed by atoms with Crippen molar-refractivity contribution in [1.82, 2.24) is 4.98 Å². The molecule has 0 N–H and O–H groups in total. The molecule has 1 aromatic rings. The van der Waals surface area contributed by atoms with Crippen LogP contribution in [0.3, 0.4) is 0 Å². The summed E-state index contributed by atoms with van der Waals surface area (Å²) < 4.78 is 68.0. The first-order valence-corrected chi connectivity index (χ1v) is 6.70. The van der Waals surface area contributed by atoms with Crippen molar-refractivity contribution in [3.05, 3.63) is 17.8 Å². The maximum absolute atomic E-state index is 12.3. The van der Waals surface area contributed by atoms with E-state index in [4.69, 9.17) is 4.74 Å². The molecule has 5 nitrogen and oxygen atoms in total. The maximum atomic E-state index is 12.3. The van der Waals surface area contributed by atoms with E-state index in [-0.39, 0.29) is 11.8 Å². The molecule has 0 saturated heterocycles. The summed E-state index contributed by atoms with van der Waals surface area (Å²) >= 11 is 0. The summed E-state index contributed by atoms with van der Waals surface area (Å²) in [6, 6.07) is 1.43. The fraction of sp³-hybridized carbons (Fsp3) is 0.500. The predicted molar refractivity (Wildman–Crippen MR) is 58.4 cm³/mol. The van der Waals surface area contributed by atoms with Crippen LogP contribution in [0.1, 0.15) is 24.3 Å². The molecule has 2 rings (SSSR count). The van der Waals surface area contributed by atoms with E-state index in [1.54, 1.807) is 0 Å². The van der Waals surface area contributed by atoms with Crippen LogP contribution >= 0.6 is 0 Å². The molecule has 0 bridgehead atoms. The van der Waals surface area contributed by atoms with Gasteiger partial charge in [-0.25, -0.2) is 4.98 Å². The summed E-state index contributed by atoms with van der Waals surface area (Å²) in [4.78, 5) is 3.66. The molecule has 0 amide bonds. The van der Waals surface area contributed by atoms with Crippen LogP contribution in [0, 0.1) is 0 Å². The van der Waals surface area contributed by atoms with Crippen molar-refractivity contribution in [1.29, 1.82) is 0 Å². The lowest BCUT2D eigenvalue weighted by Gasteiger charge is -2.14. The Morgan fingerprint density at radius 1 is 1.37 bits per heavy atom. The molecule has 19 heavy (non-hydrogen) atoms. The van der Waals surface area contributed by atoms with Gasteiger partial charge in [-0.15, -0.1) is 0 Å². The van der Waals surface area contributed by atoms with E-state index in [0.29, 0.717) is 5.56 Å². The van der Waals surface area contributed by atoms with E-state index in [1.807, 2.05) is 0 Å². The first-order valence-electron chi connectivity index (χ1n) is 5.30.